The highest BCUT2D eigenvalue weighted by atomic mass is 32.2. The smallest absolute Gasteiger partial charge is 0.232 e. The molecule has 0 bridgehead atoms. The van der Waals surface area contributed by atoms with Gasteiger partial charge in [-0.2, -0.15) is 5.10 Å². The maximum atomic E-state index is 11.8. The Morgan fingerprint density at radius 2 is 2.00 bits per heavy atom. The van der Waals surface area contributed by atoms with E-state index in [1.54, 1.807) is 10.9 Å². The third-order valence-electron chi connectivity index (χ3n) is 2.64. The quantitative estimate of drug-likeness (QED) is 0.883. The van der Waals surface area contributed by atoms with Crippen molar-refractivity contribution < 1.29 is 8.42 Å². The molecule has 2 rings (SSSR count). The Hall–Kier alpha value is -1.82. The van der Waals surface area contributed by atoms with Crippen molar-refractivity contribution in [2.24, 2.45) is 0 Å². The van der Waals surface area contributed by atoms with Crippen molar-refractivity contribution >= 4 is 15.7 Å². The second-order valence-electron chi connectivity index (χ2n) is 4.28. The van der Waals surface area contributed by atoms with Crippen LogP contribution in [0.1, 0.15) is 19.8 Å². The van der Waals surface area contributed by atoms with Gasteiger partial charge in [0.1, 0.15) is 0 Å². The van der Waals surface area contributed by atoms with Crippen molar-refractivity contribution in [3.8, 4) is 5.69 Å². The number of anilines is 1. The van der Waals surface area contributed by atoms with Gasteiger partial charge in [0.15, 0.2) is 0 Å². The first-order valence-electron chi connectivity index (χ1n) is 6.21. The molecule has 0 spiro atoms. The minimum absolute atomic E-state index is 0.139. The van der Waals surface area contributed by atoms with Crippen molar-refractivity contribution in [1.82, 2.24) is 9.78 Å². The molecule has 0 amide bonds. The van der Waals surface area contributed by atoms with Crippen molar-refractivity contribution in [2.75, 3.05) is 10.5 Å². The molecule has 0 unspecified atom stereocenters. The molecular formula is C13H17N3O2S. The van der Waals surface area contributed by atoms with Gasteiger partial charge in [-0.3, -0.25) is 4.72 Å². The lowest BCUT2D eigenvalue weighted by atomic mass is 10.3. The van der Waals surface area contributed by atoms with Crippen LogP contribution in [-0.2, 0) is 10.0 Å². The van der Waals surface area contributed by atoms with E-state index < -0.39 is 10.0 Å². The molecule has 0 aliphatic heterocycles. The Labute approximate surface area is 113 Å². The molecule has 0 saturated heterocycles. The maximum Gasteiger partial charge on any atom is 0.232 e. The van der Waals surface area contributed by atoms with Crippen LogP contribution in [0.3, 0.4) is 0 Å². The van der Waals surface area contributed by atoms with Gasteiger partial charge < -0.3 is 0 Å². The first-order valence-corrected chi connectivity index (χ1v) is 7.86. The summed E-state index contributed by atoms with van der Waals surface area (Å²) in [7, 11) is -3.27. The summed E-state index contributed by atoms with van der Waals surface area (Å²) in [6.45, 7) is 1.96. The average Bonchev–Trinajstić information content (AvgIpc) is 2.85. The summed E-state index contributed by atoms with van der Waals surface area (Å²) in [5.41, 5.74) is 1.38. The summed E-state index contributed by atoms with van der Waals surface area (Å²) in [5.74, 6) is 0.139. The summed E-state index contributed by atoms with van der Waals surface area (Å²) in [6.07, 6.45) is 4.68. The van der Waals surface area contributed by atoms with Crippen LogP contribution in [0.2, 0.25) is 0 Å². The summed E-state index contributed by atoms with van der Waals surface area (Å²) in [6, 6.07) is 9.54. The molecule has 0 aliphatic carbocycles. The van der Waals surface area contributed by atoms with Gasteiger partial charge in [0.2, 0.25) is 10.0 Å². The van der Waals surface area contributed by atoms with Crippen LogP contribution in [0, 0.1) is 0 Å². The zero-order valence-electron chi connectivity index (χ0n) is 10.8. The first-order chi connectivity index (χ1) is 9.11. The minimum atomic E-state index is -3.27. The molecule has 1 aromatic heterocycles. The lowest BCUT2D eigenvalue weighted by Gasteiger charge is -2.04. The predicted molar refractivity (Wildman–Crippen MR) is 75.9 cm³/mol. The van der Waals surface area contributed by atoms with E-state index in [4.69, 9.17) is 0 Å². The number of hydrogen-bond donors (Lipinski definition) is 1. The van der Waals surface area contributed by atoms with Crippen LogP contribution in [0.5, 0.6) is 0 Å². The van der Waals surface area contributed by atoms with E-state index in [-0.39, 0.29) is 5.75 Å². The Kier molecular flexibility index (Phi) is 4.21. The number of nitrogens with one attached hydrogen (secondary N) is 1. The lowest BCUT2D eigenvalue weighted by Crippen LogP contribution is -2.16. The fourth-order valence-electron chi connectivity index (χ4n) is 1.66. The van der Waals surface area contributed by atoms with Gasteiger partial charge in [-0.05, 0) is 18.6 Å². The standard InChI is InChI=1S/C13H17N3O2S/c1-2-3-9-19(17,18)15-12-10-14-16(11-12)13-7-5-4-6-8-13/h4-8,10-11,15H,2-3,9H2,1H3. The molecule has 0 aliphatic rings. The van der Waals surface area contributed by atoms with Crippen LogP contribution < -0.4 is 4.72 Å². The van der Waals surface area contributed by atoms with Gasteiger partial charge >= 0.3 is 0 Å². The van der Waals surface area contributed by atoms with Crippen LogP contribution in [0.4, 0.5) is 5.69 Å². The summed E-state index contributed by atoms with van der Waals surface area (Å²) < 4.78 is 27.7. The normalized spacial score (nSPS) is 11.4. The van der Waals surface area contributed by atoms with Gasteiger partial charge in [0.25, 0.3) is 0 Å². The maximum absolute atomic E-state index is 11.8. The predicted octanol–water partition coefficient (Wildman–Crippen LogP) is 2.41. The van der Waals surface area contributed by atoms with E-state index in [1.807, 2.05) is 37.3 Å². The van der Waals surface area contributed by atoms with Gasteiger partial charge in [0, 0.05) is 0 Å². The SMILES string of the molecule is CCCCS(=O)(=O)Nc1cnn(-c2ccccc2)c1. The van der Waals surface area contributed by atoms with Crippen LogP contribution in [-0.4, -0.2) is 24.0 Å². The number of para-hydroxylation sites is 1. The Bertz CT molecular complexity index is 620. The minimum Gasteiger partial charge on any atom is -0.280 e. The average molecular weight is 279 g/mol. The van der Waals surface area contributed by atoms with Crippen molar-refractivity contribution in [3.05, 3.63) is 42.7 Å². The number of nitrogens with zero attached hydrogens (tertiary/aromatic N) is 2. The number of benzene rings is 1. The molecular weight excluding hydrogens is 262 g/mol. The zero-order chi connectivity index (χ0) is 13.7. The number of sulfonamides is 1. The van der Waals surface area contributed by atoms with Gasteiger partial charge in [-0.1, -0.05) is 31.5 Å². The van der Waals surface area contributed by atoms with Gasteiger partial charge in [-0.15, -0.1) is 0 Å². The molecule has 0 atom stereocenters. The number of unbranched alkanes of at least 4 members (excludes halogenated alkanes) is 1. The summed E-state index contributed by atoms with van der Waals surface area (Å²) >= 11 is 0. The molecule has 2 aromatic rings. The van der Waals surface area contributed by atoms with E-state index >= 15 is 0 Å². The molecule has 0 saturated carbocycles. The molecule has 0 radical (unpaired) electrons. The summed E-state index contributed by atoms with van der Waals surface area (Å²) in [4.78, 5) is 0. The summed E-state index contributed by atoms with van der Waals surface area (Å²) in [5, 5.41) is 4.14. The second kappa shape index (κ2) is 5.88. The van der Waals surface area contributed by atoms with Gasteiger partial charge in [-0.25, -0.2) is 13.1 Å². The zero-order valence-corrected chi connectivity index (χ0v) is 11.6. The van der Waals surface area contributed by atoms with Gasteiger partial charge in [0.05, 0.1) is 29.5 Å². The topological polar surface area (TPSA) is 64.0 Å². The second-order valence-corrected chi connectivity index (χ2v) is 6.13. The number of hydrogen-bond acceptors (Lipinski definition) is 3. The number of aromatic nitrogens is 2. The third-order valence-corrected chi connectivity index (χ3v) is 4.02. The Morgan fingerprint density at radius 3 is 2.68 bits per heavy atom. The molecule has 19 heavy (non-hydrogen) atoms. The first kappa shape index (κ1) is 13.6. The largest absolute Gasteiger partial charge is 0.280 e. The number of rotatable bonds is 6. The van der Waals surface area contributed by atoms with E-state index in [0.717, 1.165) is 12.1 Å². The highest BCUT2D eigenvalue weighted by Crippen LogP contribution is 2.13. The molecule has 102 valence electrons. The van der Waals surface area contributed by atoms with E-state index in [2.05, 4.69) is 9.82 Å². The fourth-order valence-corrected chi connectivity index (χ4v) is 2.90. The van der Waals surface area contributed by atoms with Crippen molar-refractivity contribution in [3.63, 3.8) is 0 Å². The van der Waals surface area contributed by atoms with E-state index in [9.17, 15) is 8.42 Å². The van der Waals surface area contributed by atoms with Crippen molar-refractivity contribution in [2.45, 2.75) is 19.8 Å². The molecule has 6 heteroatoms. The van der Waals surface area contributed by atoms with Crippen LogP contribution >= 0.6 is 0 Å². The van der Waals surface area contributed by atoms with Crippen molar-refractivity contribution in [1.29, 1.82) is 0 Å². The van der Waals surface area contributed by atoms with Crippen LogP contribution in [0.15, 0.2) is 42.7 Å². The van der Waals surface area contributed by atoms with E-state index in [1.165, 1.54) is 6.20 Å². The Balaban J connectivity index is 2.10. The monoisotopic (exact) mass is 279 g/mol. The fraction of sp³-hybridized carbons (Fsp3) is 0.308. The molecule has 1 N–H and O–H groups in total. The highest BCUT2D eigenvalue weighted by molar-refractivity contribution is 7.92. The highest BCUT2D eigenvalue weighted by Gasteiger charge is 2.11. The third kappa shape index (κ3) is 3.82. The molecule has 5 nitrogen and oxygen atoms in total. The van der Waals surface area contributed by atoms with E-state index in [0.29, 0.717) is 12.1 Å². The lowest BCUT2D eigenvalue weighted by molar-refractivity contribution is 0.598. The van der Waals surface area contributed by atoms with Crippen LogP contribution in [0.25, 0.3) is 5.69 Å². The molecule has 0 fully saturated rings. The molecule has 1 aromatic carbocycles. The molecule has 1 heterocycles. The Morgan fingerprint density at radius 1 is 1.26 bits per heavy atom.